The monoisotopic (exact) mass is 458 g/mol. The summed E-state index contributed by atoms with van der Waals surface area (Å²) in [4.78, 5) is 48.4. The molecule has 174 valence electrons. The Hall–Kier alpha value is -4.20. The molecule has 1 aromatic heterocycles. The maximum atomic E-state index is 13.5. The summed E-state index contributed by atoms with van der Waals surface area (Å²) in [6, 6.07) is 17.6. The van der Waals surface area contributed by atoms with Crippen molar-refractivity contribution >= 4 is 40.5 Å². The number of hydrogen-bond acceptors (Lipinski definition) is 5. The van der Waals surface area contributed by atoms with Gasteiger partial charge in [-0.05, 0) is 62.4 Å². The van der Waals surface area contributed by atoms with E-state index in [0.29, 0.717) is 28.5 Å². The van der Waals surface area contributed by atoms with Gasteiger partial charge in [-0.3, -0.25) is 24.3 Å². The van der Waals surface area contributed by atoms with Crippen LogP contribution in [0.2, 0.25) is 0 Å². The first-order valence-corrected chi connectivity index (χ1v) is 11.0. The summed E-state index contributed by atoms with van der Waals surface area (Å²) < 4.78 is 5.22. The summed E-state index contributed by atoms with van der Waals surface area (Å²) in [5, 5.41) is 0. The average Bonchev–Trinajstić information content (AvgIpc) is 2.93. The van der Waals surface area contributed by atoms with Gasteiger partial charge in [-0.25, -0.2) is 0 Å². The largest absolute Gasteiger partial charge is 0.497 e. The van der Waals surface area contributed by atoms with Crippen molar-refractivity contribution in [2.75, 3.05) is 28.4 Å². The minimum atomic E-state index is -0.435. The van der Waals surface area contributed by atoms with Crippen LogP contribution >= 0.6 is 0 Å². The molecule has 0 spiro atoms. The van der Waals surface area contributed by atoms with Gasteiger partial charge in [0.25, 0.3) is 0 Å². The third-order valence-corrected chi connectivity index (χ3v) is 5.60. The molecule has 8 nitrogen and oxygen atoms in total. The van der Waals surface area contributed by atoms with Crippen LogP contribution in [-0.4, -0.2) is 42.4 Å². The fourth-order valence-electron chi connectivity index (χ4n) is 4.08. The number of aromatic nitrogens is 1. The summed E-state index contributed by atoms with van der Waals surface area (Å²) >= 11 is 0. The molecule has 3 amide bonds. The zero-order chi connectivity index (χ0) is 24.2. The second-order valence-corrected chi connectivity index (χ2v) is 8.14. The molecule has 0 saturated heterocycles. The summed E-state index contributed by atoms with van der Waals surface area (Å²) in [6.45, 7) is 3.62. The van der Waals surface area contributed by atoms with Crippen molar-refractivity contribution in [2.24, 2.45) is 0 Å². The third-order valence-electron chi connectivity index (χ3n) is 5.60. The standard InChI is InChI=1S/C26H26N4O4/c1-18(2)29(19-10-12-21(34-3)13-11-19)26(33)17-28-22-8-4-5-9-23(22)30(25(32)15-24(28)31)20-7-6-14-27-16-20/h4-14,16,18H,15,17H2,1-3H3. The van der Waals surface area contributed by atoms with Gasteiger partial charge in [0.1, 0.15) is 18.7 Å². The number of para-hydroxylation sites is 2. The van der Waals surface area contributed by atoms with E-state index in [-0.39, 0.29) is 30.8 Å². The number of amides is 3. The summed E-state index contributed by atoms with van der Waals surface area (Å²) in [5.74, 6) is -0.386. The lowest BCUT2D eigenvalue weighted by Gasteiger charge is -2.30. The number of fused-ring (bicyclic) bond motifs is 1. The fourth-order valence-corrected chi connectivity index (χ4v) is 4.08. The highest BCUT2D eigenvalue weighted by molar-refractivity contribution is 6.19. The molecule has 3 aromatic rings. The lowest BCUT2D eigenvalue weighted by Crippen LogP contribution is -2.46. The Kier molecular flexibility index (Phi) is 6.58. The van der Waals surface area contributed by atoms with Crippen LogP contribution in [0.15, 0.2) is 73.1 Å². The van der Waals surface area contributed by atoms with Crippen LogP contribution in [0.5, 0.6) is 5.75 Å². The highest BCUT2D eigenvalue weighted by Gasteiger charge is 2.34. The van der Waals surface area contributed by atoms with Gasteiger partial charge < -0.3 is 14.5 Å². The molecule has 1 aliphatic rings. The van der Waals surface area contributed by atoms with Crippen LogP contribution in [-0.2, 0) is 14.4 Å². The molecule has 0 unspecified atom stereocenters. The summed E-state index contributed by atoms with van der Waals surface area (Å²) in [7, 11) is 1.58. The first kappa shape index (κ1) is 23.0. The van der Waals surface area contributed by atoms with E-state index in [0.717, 1.165) is 0 Å². The zero-order valence-electron chi connectivity index (χ0n) is 19.3. The van der Waals surface area contributed by atoms with Crippen molar-refractivity contribution in [1.82, 2.24) is 4.98 Å². The highest BCUT2D eigenvalue weighted by atomic mass is 16.5. The molecule has 0 aliphatic carbocycles. The van der Waals surface area contributed by atoms with Crippen LogP contribution < -0.4 is 19.4 Å². The Morgan fingerprint density at radius 3 is 2.32 bits per heavy atom. The lowest BCUT2D eigenvalue weighted by atomic mass is 10.2. The summed E-state index contributed by atoms with van der Waals surface area (Å²) in [5.41, 5.74) is 2.28. The van der Waals surface area contributed by atoms with E-state index in [1.54, 1.807) is 72.9 Å². The highest BCUT2D eigenvalue weighted by Crippen LogP contribution is 2.37. The molecule has 2 aromatic carbocycles. The molecule has 34 heavy (non-hydrogen) atoms. The molecule has 2 heterocycles. The van der Waals surface area contributed by atoms with Gasteiger partial charge >= 0.3 is 0 Å². The Labute approximate surface area is 198 Å². The Morgan fingerprint density at radius 2 is 1.71 bits per heavy atom. The van der Waals surface area contributed by atoms with E-state index in [1.807, 2.05) is 26.0 Å². The fraction of sp³-hybridized carbons (Fsp3) is 0.231. The lowest BCUT2D eigenvalue weighted by molar-refractivity contribution is -0.127. The molecule has 0 N–H and O–H groups in total. The molecule has 0 atom stereocenters. The normalized spacial score (nSPS) is 13.5. The number of anilines is 4. The molecule has 8 heteroatoms. The molecular formula is C26H26N4O4. The molecule has 0 radical (unpaired) electrons. The minimum Gasteiger partial charge on any atom is -0.497 e. The van der Waals surface area contributed by atoms with E-state index < -0.39 is 5.91 Å². The average molecular weight is 459 g/mol. The number of nitrogens with zero attached hydrogens (tertiary/aromatic N) is 4. The molecule has 1 aliphatic heterocycles. The van der Waals surface area contributed by atoms with Gasteiger partial charge in [-0.1, -0.05) is 12.1 Å². The Morgan fingerprint density at radius 1 is 1.00 bits per heavy atom. The van der Waals surface area contributed by atoms with Gasteiger partial charge in [0, 0.05) is 17.9 Å². The van der Waals surface area contributed by atoms with Crippen molar-refractivity contribution in [3.05, 3.63) is 73.1 Å². The number of carbonyl (C=O) groups excluding carboxylic acids is 3. The third kappa shape index (κ3) is 4.47. The first-order chi connectivity index (χ1) is 16.4. The van der Waals surface area contributed by atoms with Crippen LogP contribution in [0, 0.1) is 0 Å². The van der Waals surface area contributed by atoms with E-state index in [1.165, 1.54) is 9.80 Å². The molecule has 0 fully saturated rings. The van der Waals surface area contributed by atoms with Crippen LogP contribution in [0.25, 0.3) is 0 Å². The zero-order valence-corrected chi connectivity index (χ0v) is 19.3. The topological polar surface area (TPSA) is 83.0 Å². The van der Waals surface area contributed by atoms with Crippen LogP contribution in [0.1, 0.15) is 20.3 Å². The number of rotatable bonds is 6. The van der Waals surface area contributed by atoms with Crippen LogP contribution in [0.3, 0.4) is 0 Å². The number of methoxy groups -OCH3 is 1. The number of hydrogen-bond donors (Lipinski definition) is 0. The minimum absolute atomic E-state index is 0.147. The van der Waals surface area contributed by atoms with E-state index in [2.05, 4.69) is 4.98 Å². The predicted octanol–water partition coefficient (Wildman–Crippen LogP) is 3.93. The maximum absolute atomic E-state index is 13.5. The number of pyridine rings is 1. The molecule has 0 saturated carbocycles. The second kappa shape index (κ2) is 9.74. The van der Waals surface area contributed by atoms with Gasteiger partial charge in [0.05, 0.1) is 30.4 Å². The quantitative estimate of drug-likeness (QED) is 0.523. The Bertz CT molecular complexity index is 1190. The molecular weight excluding hydrogens is 432 g/mol. The first-order valence-electron chi connectivity index (χ1n) is 11.0. The number of carbonyl (C=O) groups is 3. The van der Waals surface area contributed by atoms with Gasteiger partial charge in [-0.2, -0.15) is 0 Å². The van der Waals surface area contributed by atoms with Crippen molar-refractivity contribution in [3.63, 3.8) is 0 Å². The van der Waals surface area contributed by atoms with E-state index in [9.17, 15) is 14.4 Å². The van der Waals surface area contributed by atoms with E-state index >= 15 is 0 Å². The molecule has 4 rings (SSSR count). The van der Waals surface area contributed by atoms with Gasteiger partial charge in [0.2, 0.25) is 17.7 Å². The predicted molar refractivity (Wildman–Crippen MR) is 130 cm³/mol. The van der Waals surface area contributed by atoms with Crippen LogP contribution in [0.4, 0.5) is 22.7 Å². The summed E-state index contributed by atoms with van der Waals surface area (Å²) in [6.07, 6.45) is 2.83. The Balaban J connectivity index is 1.70. The van der Waals surface area contributed by atoms with Crippen molar-refractivity contribution in [2.45, 2.75) is 26.3 Å². The smallest absolute Gasteiger partial charge is 0.247 e. The van der Waals surface area contributed by atoms with Crippen molar-refractivity contribution in [3.8, 4) is 5.75 Å². The number of benzene rings is 2. The maximum Gasteiger partial charge on any atom is 0.247 e. The number of ether oxygens (including phenoxy) is 1. The van der Waals surface area contributed by atoms with Crippen molar-refractivity contribution < 1.29 is 19.1 Å². The van der Waals surface area contributed by atoms with E-state index in [4.69, 9.17) is 4.74 Å². The SMILES string of the molecule is COc1ccc(N(C(=O)CN2C(=O)CC(=O)N(c3cccnc3)c3ccccc32)C(C)C)cc1. The molecule has 0 bridgehead atoms. The van der Waals surface area contributed by atoms with Gasteiger partial charge in [0.15, 0.2) is 0 Å². The van der Waals surface area contributed by atoms with Gasteiger partial charge in [-0.15, -0.1) is 0 Å². The second-order valence-electron chi connectivity index (χ2n) is 8.14. The van der Waals surface area contributed by atoms with Crippen molar-refractivity contribution in [1.29, 1.82) is 0 Å².